The van der Waals surface area contributed by atoms with Crippen LogP contribution < -0.4 is 14.8 Å². The molecule has 0 bridgehead atoms. The van der Waals surface area contributed by atoms with Crippen molar-refractivity contribution >= 4 is 31.1 Å². The van der Waals surface area contributed by atoms with Gasteiger partial charge >= 0.3 is 0 Å². The van der Waals surface area contributed by atoms with Crippen LogP contribution in [0, 0.1) is 11.3 Å². The van der Waals surface area contributed by atoms with E-state index in [0.29, 0.717) is 31.7 Å². The lowest BCUT2D eigenvalue weighted by Crippen LogP contribution is -2.29. The summed E-state index contributed by atoms with van der Waals surface area (Å²) in [5.74, 6) is 0.782. The Bertz CT molecular complexity index is 1800. The molecule has 9 nitrogen and oxygen atoms in total. The second kappa shape index (κ2) is 21.0. The van der Waals surface area contributed by atoms with Gasteiger partial charge in [0.25, 0.3) is 14.4 Å². The SMILES string of the molecule is CCCN(CCC)P(OCCC#N)OCCCCN(C)C(=O)c1ccccc1-c1c2ccc(=[N+](CC)CC)cc-2oc2cc(N(CC)CC)ccc12. The van der Waals surface area contributed by atoms with E-state index in [-0.39, 0.29) is 5.91 Å². The van der Waals surface area contributed by atoms with Crippen molar-refractivity contribution in [3.05, 3.63) is 71.6 Å². The van der Waals surface area contributed by atoms with E-state index in [1.807, 2.05) is 30.1 Å². The number of fused-ring (bicyclic) bond motifs is 2. The minimum Gasteiger partial charge on any atom is -0.456 e. The number of unbranched alkanes of at least 4 members (excludes halogenated alkanes) is 1. The third-order valence-electron chi connectivity index (χ3n) is 9.42. The lowest BCUT2D eigenvalue weighted by molar-refractivity contribution is 0.0791. The number of hydrogen-bond acceptors (Lipinski definition) is 7. The summed E-state index contributed by atoms with van der Waals surface area (Å²) in [5.41, 5.74) is 5.46. The standard InChI is InChI=1S/C42H59N5O4P/c1-8-26-47(27-9-2)52(50-30-18-25-43)49-29-17-16-28-44(7)42(48)36-20-15-14-19-35(36)41-37-23-21-33(45(10-3)11-4)31-39(37)51-40-32-34(22-24-38(40)41)46(12-5)13-6/h14-15,19-24,31-32H,8-13,16-18,26-30H2,1-7H3/q+1. The fourth-order valence-electron chi connectivity index (χ4n) is 6.68. The van der Waals surface area contributed by atoms with Crippen LogP contribution in [-0.4, -0.2) is 81.6 Å². The van der Waals surface area contributed by atoms with Crippen molar-refractivity contribution in [3.8, 4) is 28.5 Å². The molecule has 280 valence electrons. The number of carbonyl (C=O) groups excluding carboxylic acids is 1. The van der Waals surface area contributed by atoms with Crippen molar-refractivity contribution in [2.75, 3.05) is 71.0 Å². The number of hydrogen-bond donors (Lipinski definition) is 0. The highest BCUT2D eigenvalue weighted by atomic mass is 31.2. The van der Waals surface area contributed by atoms with Crippen LogP contribution >= 0.6 is 8.53 Å². The highest BCUT2D eigenvalue weighted by Gasteiger charge is 2.25. The summed E-state index contributed by atoms with van der Waals surface area (Å²) < 4.78 is 23.5. The largest absolute Gasteiger partial charge is 0.456 e. The van der Waals surface area contributed by atoms with Gasteiger partial charge in [-0.3, -0.25) is 4.79 Å². The highest BCUT2D eigenvalue weighted by Crippen LogP contribution is 2.44. The molecule has 10 heteroatoms. The maximum atomic E-state index is 14.2. The zero-order valence-corrected chi connectivity index (χ0v) is 33.4. The molecule has 1 aliphatic heterocycles. The van der Waals surface area contributed by atoms with Gasteiger partial charge in [-0.1, -0.05) is 32.0 Å². The zero-order valence-electron chi connectivity index (χ0n) is 32.5. The van der Waals surface area contributed by atoms with Crippen LogP contribution in [-0.2, 0) is 9.05 Å². The van der Waals surface area contributed by atoms with Gasteiger partial charge in [-0.05, 0) is 83.2 Å². The molecule has 1 heterocycles. The van der Waals surface area contributed by atoms with Gasteiger partial charge in [0, 0.05) is 79.7 Å². The first-order valence-corrected chi connectivity index (χ1v) is 20.3. The summed E-state index contributed by atoms with van der Waals surface area (Å²) in [6, 6.07) is 23.0. The Labute approximate surface area is 312 Å². The Hall–Kier alpha value is -3.80. The van der Waals surface area contributed by atoms with Crippen molar-refractivity contribution in [2.24, 2.45) is 0 Å². The van der Waals surface area contributed by atoms with Crippen molar-refractivity contribution in [1.29, 1.82) is 5.26 Å². The van der Waals surface area contributed by atoms with Gasteiger partial charge in [0.15, 0.2) is 0 Å². The van der Waals surface area contributed by atoms with E-state index in [0.717, 1.165) is 109 Å². The van der Waals surface area contributed by atoms with E-state index >= 15 is 0 Å². The quantitative estimate of drug-likeness (QED) is 0.0367. The Morgan fingerprint density at radius 2 is 1.56 bits per heavy atom. The molecule has 4 rings (SSSR count). The Morgan fingerprint density at radius 1 is 0.846 bits per heavy atom. The highest BCUT2D eigenvalue weighted by molar-refractivity contribution is 7.44. The number of nitriles is 1. The monoisotopic (exact) mass is 728 g/mol. The molecule has 1 amide bonds. The van der Waals surface area contributed by atoms with Gasteiger partial charge in [0.2, 0.25) is 5.36 Å². The van der Waals surface area contributed by atoms with Crippen LogP contribution in [0.15, 0.2) is 65.1 Å². The number of anilines is 1. The summed E-state index contributed by atoms with van der Waals surface area (Å²) in [6.07, 6.45) is 3.96. The normalized spacial score (nSPS) is 12.0. The molecule has 0 N–H and O–H groups in total. The lowest BCUT2D eigenvalue weighted by Gasteiger charge is -2.29. The molecule has 1 unspecified atom stereocenters. The van der Waals surface area contributed by atoms with Crippen molar-refractivity contribution < 1.29 is 18.3 Å². The zero-order chi connectivity index (χ0) is 37.5. The third-order valence-corrected chi connectivity index (χ3v) is 11.1. The minimum atomic E-state index is -1.22. The average Bonchev–Trinajstić information content (AvgIpc) is 3.16. The first kappa shape index (κ1) is 41.0. The van der Waals surface area contributed by atoms with E-state index in [2.05, 4.69) is 104 Å². The Morgan fingerprint density at radius 3 is 2.23 bits per heavy atom. The molecule has 0 aromatic heterocycles. The van der Waals surface area contributed by atoms with Crippen LogP contribution in [0.4, 0.5) is 5.69 Å². The van der Waals surface area contributed by atoms with Gasteiger partial charge in [0.1, 0.15) is 24.4 Å². The molecule has 0 saturated heterocycles. The fraction of sp³-hybridized carbons (Fsp3) is 0.500. The van der Waals surface area contributed by atoms with E-state index < -0.39 is 8.53 Å². The molecule has 2 aliphatic rings. The fourth-order valence-corrected chi connectivity index (χ4v) is 8.34. The summed E-state index contributed by atoms with van der Waals surface area (Å²) in [4.78, 5) is 18.4. The summed E-state index contributed by atoms with van der Waals surface area (Å²) in [6.45, 7) is 19.9. The minimum absolute atomic E-state index is 0.0164. The average molecular weight is 729 g/mol. The van der Waals surface area contributed by atoms with Crippen molar-refractivity contribution in [3.63, 3.8) is 0 Å². The molecule has 1 aliphatic carbocycles. The van der Waals surface area contributed by atoms with E-state index in [4.69, 9.17) is 18.7 Å². The first-order chi connectivity index (χ1) is 25.3. The number of rotatable bonds is 21. The van der Waals surface area contributed by atoms with Gasteiger partial charge in [-0.15, -0.1) is 0 Å². The Balaban J connectivity index is 1.62. The number of nitrogens with zero attached hydrogens (tertiary/aromatic N) is 5. The molecule has 52 heavy (non-hydrogen) atoms. The van der Waals surface area contributed by atoms with Crippen molar-refractivity contribution in [2.45, 2.75) is 73.6 Å². The summed E-state index contributed by atoms with van der Waals surface area (Å²) >= 11 is 0. The second-order valence-electron chi connectivity index (χ2n) is 12.9. The molecule has 0 saturated carbocycles. The van der Waals surface area contributed by atoms with Crippen LogP contribution in [0.1, 0.15) is 84.0 Å². The van der Waals surface area contributed by atoms with Crippen LogP contribution in [0.3, 0.4) is 0 Å². The van der Waals surface area contributed by atoms with E-state index in [9.17, 15) is 4.79 Å². The van der Waals surface area contributed by atoms with Gasteiger partial charge in [0.05, 0.1) is 31.8 Å². The molecule has 0 fully saturated rings. The second-order valence-corrected chi connectivity index (χ2v) is 14.5. The molecule has 1 atom stereocenters. The summed E-state index contributed by atoms with van der Waals surface area (Å²) in [5, 5.41) is 11.1. The molecule has 0 radical (unpaired) electrons. The molecular formula is C42H59N5O4P+. The first-order valence-electron chi connectivity index (χ1n) is 19.2. The number of amides is 1. The summed E-state index contributed by atoms with van der Waals surface area (Å²) in [7, 11) is 0.665. The lowest BCUT2D eigenvalue weighted by atomic mass is 9.90. The topological polar surface area (TPSA) is 85.2 Å². The van der Waals surface area contributed by atoms with Crippen molar-refractivity contribution in [1.82, 2.24) is 14.1 Å². The predicted octanol–water partition coefficient (Wildman–Crippen LogP) is 9.01. The van der Waals surface area contributed by atoms with Gasteiger partial charge < -0.3 is 23.3 Å². The van der Waals surface area contributed by atoms with E-state index in [1.165, 1.54) is 0 Å². The number of benzene rings is 3. The third kappa shape index (κ3) is 10.2. The molecule has 2 aromatic rings. The molecule has 0 spiro atoms. The van der Waals surface area contributed by atoms with Gasteiger partial charge in [-0.25, -0.2) is 9.25 Å². The number of carbonyl (C=O) groups is 1. The maximum absolute atomic E-state index is 14.2. The Kier molecular flexibility index (Phi) is 16.6. The van der Waals surface area contributed by atoms with E-state index in [1.54, 1.807) is 0 Å². The van der Waals surface area contributed by atoms with Crippen LogP contribution in [0.5, 0.6) is 0 Å². The molecular weight excluding hydrogens is 669 g/mol. The predicted molar refractivity (Wildman–Crippen MR) is 216 cm³/mol. The van der Waals surface area contributed by atoms with Crippen LogP contribution in [0.2, 0.25) is 0 Å². The van der Waals surface area contributed by atoms with Gasteiger partial charge in [-0.2, -0.15) is 5.26 Å². The maximum Gasteiger partial charge on any atom is 0.258 e. The molecule has 2 aromatic carbocycles. The van der Waals surface area contributed by atoms with Crippen LogP contribution in [0.25, 0.3) is 33.4 Å². The smallest absolute Gasteiger partial charge is 0.258 e.